The van der Waals surface area contributed by atoms with Crippen LogP contribution < -0.4 is 19.7 Å². The molecule has 0 saturated carbocycles. The maximum Gasteiger partial charge on any atom is 0.227 e. The number of aryl methyl sites for hydroxylation is 1. The maximum absolute atomic E-state index is 12.5. The Balaban J connectivity index is 1.54. The van der Waals surface area contributed by atoms with Gasteiger partial charge in [-0.2, -0.15) is 0 Å². The van der Waals surface area contributed by atoms with Crippen LogP contribution >= 0.6 is 0 Å². The van der Waals surface area contributed by atoms with E-state index in [2.05, 4.69) is 17.4 Å². The van der Waals surface area contributed by atoms with Gasteiger partial charge in [0.05, 0.1) is 25.8 Å². The summed E-state index contributed by atoms with van der Waals surface area (Å²) in [4.78, 5) is 26.6. The molecule has 1 aliphatic heterocycles. The SMILES string of the molecule is COc1ccc(N2CC(C(=O)NCCCc3ccccc3)CC2=O)c(OC)c1. The van der Waals surface area contributed by atoms with Crippen LogP contribution in [0, 0.1) is 5.92 Å². The van der Waals surface area contributed by atoms with E-state index in [0.29, 0.717) is 30.3 Å². The van der Waals surface area contributed by atoms with Crippen LogP contribution in [-0.4, -0.2) is 39.1 Å². The van der Waals surface area contributed by atoms with Crippen molar-refractivity contribution < 1.29 is 19.1 Å². The molecule has 1 heterocycles. The molecule has 148 valence electrons. The zero-order valence-corrected chi connectivity index (χ0v) is 16.3. The molecule has 0 aromatic heterocycles. The van der Waals surface area contributed by atoms with E-state index in [9.17, 15) is 9.59 Å². The summed E-state index contributed by atoms with van der Waals surface area (Å²) in [6, 6.07) is 15.5. The summed E-state index contributed by atoms with van der Waals surface area (Å²) in [5.74, 6) is 0.705. The molecule has 1 saturated heterocycles. The van der Waals surface area contributed by atoms with Gasteiger partial charge in [0.2, 0.25) is 11.8 Å². The topological polar surface area (TPSA) is 67.9 Å². The smallest absolute Gasteiger partial charge is 0.227 e. The van der Waals surface area contributed by atoms with Gasteiger partial charge in [-0.1, -0.05) is 30.3 Å². The summed E-state index contributed by atoms with van der Waals surface area (Å²) in [6.07, 6.45) is 1.99. The van der Waals surface area contributed by atoms with Crippen molar-refractivity contribution in [1.82, 2.24) is 5.32 Å². The van der Waals surface area contributed by atoms with Crippen LogP contribution in [0.3, 0.4) is 0 Å². The Kier molecular flexibility index (Phi) is 6.53. The van der Waals surface area contributed by atoms with Gasteiger partial charge in [0.15, 0.2) is 0 Å². The molecule has 1 atom stereocenters. The normalized spacial score (nSPS) is 16.1. The number of rotatable bonds is 8. The minimum Gasteiger partial charge on any atom is -0.497 e. The Morgan fingerprint density at radius 3 is 2.64 bits per heavy atom. The lowest BCUT2D eigenvalue weighted by Crippen LogP contribution is -2.33. The van der Waals surface area contributed by atoms with Gasteiger partial charge < -0.3 is 19.7 Å². The predicted octanol–water partition coefficient (Wildman–Crippen LogP) is 2.81. The second kappa shape index (κ2) is 9.26. The van der Waals surface area contributed by atoms with Crippen molar-refractivity contribution >= 4 is 17.5 Å². The first-order valence-electron chi connectivity index (χ1n) is 9.46. The summed E-state index contributed by atoms with van der Waals surface area (Å²) in [6.45, 7) is 0.955. The Morgan fingerprint density at radius 1 is 1.14 bits per heavy atom. The third kappa shape index (κ3) is 4.63. The molecule has 0 spiro atoms. The fourth-order valence-electron chi connectivity index (χ4n) is 3.42. The Labute approximate surface area is 165 Å². The second-order valence-electron chi connectivity index (χ2n) is 6.82. The number of amides is 2. The van der Waals surface area contributed by atoms with E-state index in [1.54, 1.807) is 37.3 Å². The lowest BCUT2D eigenvalue weighted by molar-refractivity contribution is -0.126. The summed E-state index contributed by atoms with van der Waals surface area (Å²) >= 11 is 0. The van der Waals surface area contributed by atoms with E-state index in [0.717, 1.165) is 12.8 Å². The molecule has 1 aliphatic rings. The fourth-order valence-corrected chi connectivity index (χ4v) is 3.42. The third-order valence-electron chi connectivity index (χ3n) is 4.96. The van der Waals surface area contributed by atoms with Gasteiger partial charge in [-0.15, -0.1) is 0 Å². The quantitative estimate of drug-likeness (QED) is 0.713. The molecule has 6 heteroatoms. The average molecular weight is 382 g/mol. The highest BCUT2D eigenvalue weighted by molar-refractivity contribution is 6.01. The van der Waals surface area contributed by atoms with E-state index in [1.807, 2.05) is 18.2 Å². The van der Waals surface area contributed by atoms with Crippen LogP contribution in [-0.2, 0) is 16.0 Å². The largest absolute Gasteiger partial charge is 0.497 e. The summed E-state index contributed by atoms with van der Waals surface area (Å²) in [7, 11) is 3.13. The van der Waals surface area contributed by atoms with Gasteiger partial charge in [0.25, 0.3) is 0 Å². The first-order valence-corrected chi connectivity index (χ1v) is 9.46. The van der Waals surface area contributed by atoms with E-state index in [1.165, 1.54) is 5.56 Å². The number of hydrogen-bond acceptors (Lipinski definition) is 4. The van der Waals surface area contributed by atoms with Gasteiger partial charge in [-0.05, 0) is 30.5 Å². The molecule has 0 bridgehead atoms. The monoisotopic (exact) mass is 382 g/mol. The Morgan fingerprint density at radius 2 is 1.93 bits per heavy atom. The second-order valence-corrected chi connectivity index (χ2v) is 6.82. The summed E-state index contributed by atoms with van der Waals surface area (Å²) < 4.78 is 10.6. The van der Waals surface area contributed by atoms with Crippen LogP contribution in [0.25, 0.3) is 0 Å². The number of methoxy groups -OCH3 is 2. The Bertz CT molecular complexity index is 823. The zero-order valence-electron chi connectivity index (χ0n) is 16.3. The van der Waals surface area contributed by atoms with Crippen molar-refractivity contribution in [3.05, 3.63) is 54.1 Å². The van der Waals surface area contributed by atoms with Crippen LogP contribution in [0.15, 0.2) is 48.5 Å². The number of hydrogen-bond donors (Lipinski definition) is 1. The van der Waals surface area contributed by atoms with Crippen molar-refractivity contribution in [2.45, 2.75) is 19.3 Å². The number of nitrogens with zero attached hydrogens (tertiary/aromatic N) is 1. The minimum absolute atomic E-state index is 0.0728. The third-order valence-corrected chi connectivity index (χ3v) is 4.96. The highest BCUT2D eigenvalue weighted by atomic mass is 16.5. The molecule has 2 aromatic rings. The number of carbonyl (C=O) groups is 2. The number of ether oxygens (including phenoxy) is 2. The first-order chi connectivity index (χ1) is 13.6. The van der Waals surface area contributed by atoms with Gasteiger partial charge in [0, 0.05) is 25.6 Å². The first kappa shape index (κ1) is 19.7. The fraction of sp³-hybridized carbons (Fsp3) is 0.364. The highest BCUT2D eigenvalue weighted by Gasteiger charge is 2.36. The standard InChI is InChI=1S/C22H26N2O4/c1-27-18-10-11-19(20(14-18)28-2)24-15-17(13-21(24)25)22(26)23-12-6-9-16-7-4-3-5-8-16/h3-5,7-8,10-11,14,17H,6,9,12-13,15H2,1-2H3,(H,23,26). The van der Waals surface area contributed by atoms with Crippen LogP contribution in [0.5, 0.6) is 11.5 Å². The molecule has 0 aliphatic carbocycles. The highest BCUT2D eigenvalue weighted by Crippen LogP contribution is 2.35. The molecule has 2 aromatic carbocycles. The lowest BCUT2D eigenvalue weighted by Gasteiger charge is -2.20. The molecule has 1 N–H and O–H groups in total. The van der Waals surface area contributed by atoms with Crippen LogP contribution in [0.1, 0.15) is 18.4 Å². The Hall–Kier alpha value is -3.02. The van der Waals surface area contributed by atoms with Gasteiger partial charge in [-0.25, -0.2) is 0 Å². The minimum atomic E-state index is -0.351. The number of nitrogens with one attached hydrogen (secondary N) is 1. The molecule has 28 heavy (non-hydrogen) atoms. The van der Waals surface area contributed by atoms with Crippen molar-refractivity contribution in [3.63, 3.8) is 0 Å². The molecular formula is C22H26N2O4. The molecular weight excluding hydrogens is 356 g/mol. The zero-order chi connectivity index (χ0) is 19.9. The van der Waals surface area contributed by atoms with Crippen LogP contribution in [0.2, 0.25) is 0 Å². The van der Waals surface area contributed by atoms with Crippen molar-refractivity contribution in [2.24, 2.45) is 5.92 Å². The van der Waals surface area contributed by atoms with Crippen molar-refractivity contribution in [2.75, 3.05) is 32.2 Å². The van der Waals surface area contributed by atoms with Crippen LogP contribution in [0.4, 0.5) is 5.69 Å². The summed E-state index contributed by atoms with van der Waals surface area (Å²) in [5.41, 5.74) is 1.92. The van der Waals surface area contributed by atoms with E-state index >= 15 is 0 Å². The van der Waals surface area contributed by atoms with Gasteiger partial charge >= 0.3 is 0 Å². The average Bonchev–Trinajstić information content (AvgIpc) is 3.12. The molecule has 1 fully saturated rings. The van der Waals surface area contributed by atoms with E-state index in [4.69, 9.17) is 9.47 Å². The predicted molar refractivity (Wildman–Crippen MR) is 108 cm³/mol. The maximum atomic E-state index is 12.5. The number of carbonyl (C=O) groups excluding carboxylic acids is 2. The molecule has 1 unspecified atom stereocenters. The van der Waals surface area contributed by atoms with E-state index < -0.39 is 0 Å². The van der Waals surface area contributed by atoms with Crippen molar-refractivity contribution in [3.8, 4) is 11.5 Å². The number of anilines is 1. The molecule has 0 radical (unpaired) electrons. The molecule has 3 rings (SSSR count). The van der Waals surface area contributed by atoms with Gasteiger partial charge in [-0.3, -0.25) is 9.59 Å². The summed E-state index contributed by atoms with van der Waals surface area (Å²) in [5, 5.41) is 2.97. The number of benzene rings is 2. The molecule has 6 nitrogen and oxygen atoms in total. The van der Waals surface area contributed by atoms with Gasteiger partial charge in [0.1, 0.15) is 11.5 Å². The molecule has 2 amide bonds. The van der Waals surface area contributed by atoms with E-state index in [-0.39, 0.29) is 24.2 Å². The van der Waals surface area contributed by atoms with Crippen molar-refractivity contribution in [1.29, 1.82) is 0 Å². The lowest BCUT2D eigenvalue weighted by atomic mass is 10.1.